The fourth-order valence-electron chi connectivity index (χ4n) is 2.02. The summed E-state index contributed by atoms with van der Waals surface area (Å²) in [5.41, 5.74) is 1.22. The molecule has 1 aromatic carbocycles. The van der Waals surface area contributed by atoms with Gasteiger partial charge in [0.15, 0.2) is 0 Å². The van der Waals surface area contributed by atoms with Crippen molar-refractivity contribution in [3.63, 3.8) is 0 Å². The van der Waals surface area contributed by atoms with Crippen LogP contribution in [0.2, 0.25) is 0 Å². The molecular weight excluding hydrogens is 270 g/mol. The van der Waals surface area contributed by atoms with Gasteiger partial charge in [0.25, 0.3) is 0 Å². The van der Waals surface area contributed by atoms with Gasteiger partial charge in [0, 0.05) is 20.2 Å². The monoisotopic (exact) mass is 295 g/mol. The number of methoxy groups -OCH3 is 1. The molecule has 0 radical (unpaired) electrons. The van der Waals surface area contributed by atoms with Crippen molar-refractivity contribution in [2.24, 2.45) is 0 Å². The van der Waals surface area contributed by atoms with Crippen molar-refractivity contribution in [1.29, 1.82) is 0 Å². The molecule has 1 unspecified atom stereocenters. The van der Waals surface area contributed by atoms with Crippen molar-refractivity contribution in [3.8, 4) is 0 Å². The minimum atomic E-state index is -0.599. The molecule has 0 heterocycles. The minimum absolute atomic E-state index is 0.296. The number of nitrogens with zero attached hydrogens (tertiary/aromatic N) is 1. The molecule has 0 aliphatic carbocycles. The predicted octanol–water partition coefficient (Wildman–Crippen LogP) is 2.09. The van der Waals surface area contributed by atoms with Crippen LogP contribution in [0.15, 0.2) is 24.3 Å². The van der Waals surface area contributed by atoms with Gasteiger partial charge in [0.05, 0.1) is 31.1 Å². The smallest absolute Gasteiger partial charge is 0.339 e. The molecule has 0 aliphatic rings. The second-order valence-electron chi connectivity index (χ2n) is 4.97. The third-order valence-corrected chi connectivity index (χ3v) is 3.16. The largest absolute Gasteiger partial charge is 0.465 e. The quantitative estimate of drug-likeness (QED) is 0.558. The highest BCUT2D eigenvalue weighted by molar-refractivity contribution is 5.95. The maximum atomic E-state index is 11.7. The van der Waals surface area contributed by atoms with Crippen molar-refractivity contribution in [3.05, 3.63) is 29.8 Å². The first kappa shape index (κ1) is 17.5. The first-order valence-electron chi connectivity index (χ1n) is 7.24. The first-order valence-corrected chi connectivity index (χ1v) is 7.24. The maximum Gasteiger partial charge on any atom is 0.339 e. The SMILES string of the molecule is CCCCOCC(O)CN(C)c1ccccc1C(=O)OC. The summed E-state index contributed by atoms with van der Waals surface area (Å²) >= 11 is 0. The fourth-order valence-corrected chi connectivity index (χ4v) is 2.02. The lowest BCUT2D eigenvalue weighted by molar-refractivity contribution is 0.0396. The van der Waals surface area contributed by atoms with Crippen molar-refractivity contribution < 1.29 is 19.4 Å². The molecule has 1 N–H and O–H groups in total. The minimum Gasteiger partial charge on any atom is -0.465 e. The van der Waals surface area contributed by atoms with E-state index in [1.807, 2.05) is 24.1 Å². The van der Waals surface area contributed by atoms with E-state index in [1.54, 1.807) is 12.1 Å². The van der Waals surface area contributed by atoms with E-state index in [9.17, 15) is 9.90 Å². The van der Waals surface area contributed by atoms with Gasteiger partial charge in [-0.15, -0.1) is 0 Å². The maximum absolute atomic E-state index is 11.7. The molecule has 118 valence electrons. The van der Waals surface area contributed by atoms with Gasteiger partial charge in [-0.1, -0.05) is 25.5 Å². The third kappa shape index (κ3) is 5.73. The highest BCUT2D eigenvalue weighted by Gasteiger charge is 2.16. The predicted molar refractivity (Wildman–Crippen MR) is 82.8 cm³/mol. The molecule has 0 spiro atoms. The molecule has 0 saturated heterocycles. The zero-order valence-corrected chi connectivity index (χ0v) is 13.0. The summed E-state index contributed by atoms with van der Waals surface area (Å²) in [5.74, 6) is -0.383. The van der Waals surface area contributed by atoms with E-state index >= 15 is 0 Å². The van der Waals surface area contributed by atoms with Gasteiger partial charge < -0.3 is 19.5 Å². The number of rotatable bonds is 9. The van der Waals surface area contributed by atoms with Gasteiger partial charge >= 0.3 is 5.97 Å². The van der Waals surface area contributed by atoms with Crippen LogP contribution in [0.3, 0.4) is 0 Å². The van der Waals surface area contributed by atoms with Gasteiger partial charge in [-0.3, -0.25) is 0 Å². The van der Waals surface area contributed by atoms with Crippen LogP contribution in [0.25, 0.3) is 0 Å². The van der Waals surface area contributed by atoms with Crippen LogP contribution in [0.4, 0.5) is 5.69 Å². The van der Waals surface area contributed by atoms with Crippen LogP contribution in [-0.2, 0) is 9.47 Å². The van der Waals surface area contributed by atoms with Crippen LogP contribution in [0.1, 0.15) is 30.1 Å². The van der Waals surface area contributed by atoms with Crippen LogP contribution in [-0.4, -0.2) is 51.1 Å². The Morgan fingerprint density at radius 2 is 2.10 bits per heavy atom. The van der Waals surface area contributed by atoms with Crippen molar-refractivity contribution in [1.82, 2.24) is 0 Å². The zero-order valence-electron chi connectivity index (χ0n) is 13.0. The molecule has 0 aliphatic heterocycles. The summed E-state index contributed by atoms with van der Waals surface area (Å²) in [5, 5.41) is 9.98. The van der Waals surface area contributed by atoms with E-state index in [2.05, 4.69) is 6.92 Å². The number of hydrogen-bond donors (Lipinski definition) is 1. The van der Waals surface area contributed by atoms with E-state index in [-0.39, 0.29) is 5.97 Å². The Balaban J connectivity index is 2.59. The molecule has 0 bridgehead atoms. The number of hydrogen-bond acceptors (Lipinski definition) is 5. The number of aliphatic hydroxyl groups is 1. The number of anilines is 1. The first-order chi connectivity index (χ1) is 10.1. The van der Waals surface area contributed by atoms with E-state index < -0.39 is 6.10 Å². The molecule has 5 heteroatoms. The molecule has 1 aromatic rings. The number of likely N-dealkylation sites (N-methyl/N-ethyl adjacent to an activating group) is 1. The number of esters is 1. The van der Waals surface area contributed by atoms with E-state index in [0.29, 0.717) is 25.3 Å². The Hall–Kier alpha value is -1.59. The second-order valence-corrected chi connectivity index (χ2v) is 4.97. The van der Waals surface area contributed by atoms with Crippen LogP contribution < -0.4 is 4.90 Å². The summed E-state index contributed by atoms with van der Waals surface area (Å²) < 4.78 is 10.2. The van der Waals surface area contributed by atoms with E-state index in [4.69, 9.17) is 9.47 Å². The Kier molecular flexibility index (Phi) is 7.79. The summed E-state index contributed by atoms with van der Waals surface area (Å²) in [7, 11) is 3.19. The molecule has 1 atom stereocenters. The number of unbranched alkanes of at least 4 members (excludes halogenated alkanes) is 1. The summed E-state index contributed by atoms with van der Waals surface area (Å²) in [4.78, 5) is 13.6. The molecule has 1 rings (SSSR count). The Bertz CT molecular complexity index is 436. The number of ether oxygens (including phenoxy) is 2. The molecular formula is C16H25NO4. The summed E-state index contributed by atoms with van der Waals surface area (Å²) in [6.45, 7) is 3.44. The van der Waals surface area contributed by atoms with Crippen LogP contribution in [0.5, 0.6) is 0 Å². The van der Waals surface area contributed by atoms with Crippen molar-refractivity contribution >= 4 is 11.7 Å². The van der Waals surface area contributed by atoms with Crippen LogP contribution in [0, 0.1) is 0 Å². The van der Waals surface area contributed by atoms with E-state index in [0.717, 1.165) is 18.5 Å². The summed E-state index contributed by atoms with van der Waals surface area (Å²) in [6.07, 6.45) is 1.47. The van der Waals surface area contributed by atoms with Gasteiger partial charge in [-0.25, -0.2) is 4.79 Å². The Labute approximate surface area is 126 Å². The lowest BCUT2D eigenvalue weighted by Gasteiger charge is -2.24. The topological polar surface area (TPSA) is 59.0 Å². The third-order valence-electron chi connectivity index (χ3n) is 3.16. The average Bonchev–Trinajstić information content (AvgIpc) is 2.50. The van der Waals surface area contributed by atoms with Crippen molar-refractivity contribution in [2.75, 3.05) is 38.8 Å². The normalized spacial score (nSPS) is 12.0. The number of carbonyl (C=O) groups is 1. The number of carbonyl (C=O) groups excluding carboxylic acids is 1. The van der Waals surface area contributed by atoms with Gasteiger partial charge in [-0.05, 0) is 18.6 Å². The second kappa shape index (κ2) is 9.37. The Morgan fingerprint density at radius 3 is 2.76 bits per heavy atom. The molecule has 0 aromatic heterocycles. The van der Waals surface area contributed by atoms with Gasteiger partial charge in [0.2, 0.25) is 0 Å². The molecule has 0 saturated carbocycles. The molecule has 0 fully saturated rings. The van der Waals surface area contributed by atoms with Crippen LogP contribution >= 0.6 is 0 Å². The molecule has 21 heavy (non-hydrogen) atoms. The standard InChI is InChI=1S/C16H25NO4/c1-4-5-10-21-12-13(18)11-17(2)15-9-7-6-8-14(15)16(19)20-3/h6-9,13,18H,4-5,10-12H2,1-3H3. The fraction of sp³-hybridized carbons (Fsp3) is 0.562. The number of aliphatic hydroxyl groups excluding tert-OH is 1. The lowest BCUT2D eigenvalue weighted by atomic mass is 10.1. The lowest BCUT2D eigenvalue weighted by Crippen LogP contribution is -2.33. The van der Waals surface area contributed by atoms with Gasteiger partial charge in [-0.2, -0.15) is 0 Å². The average molecular weight is 295 g/mol. The zero-order chi connectivity index (χ0) is 15.7. The Morgan fingerprint density at radius 1 is 1.38 bits per heavy atom. The highest BCUT2D eigenvalue weighted by atomic mass is 16.5. The van der Waals surface area contributed by atoms with Crippen molar-refractivity contribution in [2.45, 2.75) is 25.9 Å². The summed E-state index contributed by atoms with van der Waals surface area (Å²) in [6, 6.07) is 7.18. The van der Waals surface area contributed by atoms with E-state index in [1.165, 1.54) is 7.11 Å². The number of para-hydroxylation sites is 1. The van der Waals surface area contributed by atoms with Gasteiger partial charge in [0.1, 0.15) is 0 Å². The number of benzene rings is 1. The highest BCUT2D eigenvalue weighted by Crippen LogP contribution is 2.20. The molecule has 0 amide bonds. The molecule has 5 nitrogen and oxygen atoms in total.